The zero-order chi connectivity index (χ0) is 17.4. The Morgan fingerprint density at radius 3 is 2.46 bits per heavy atom. The Morgan fingerprint density at radius 1 is 1.08 bits per heavy atom. The van der Waals surface area contributed by atoms with E-state index in [9.17, 15) is 9.59 Å². The van der Waals surface area contributed by atoms with Crippen molar-refractivity contribution < 1.29 is 9.59 Å². The molecule has 0 aromatic carbocycles. The second-order valence-corrected chi connectivity index (χ2v) is 7.50. The van der Waals surface area contributed by atoms with Gasteiger partial charge in [0.05, 0.1) is 6.54 Å². The SMILES string of the molecule is CNCCC1CCN(CC(=O)NC(=O)NC2CCCCC2C)CC1. The topological polar surface area (TPSA) is 73.5 Å². The van der Waals surface area contributed by atoms with Crippen LogP contribution in [0.15, 0.2) is 0 Å². The Balaban J connectivity index is 1.63. The van der Waals surface area contributed by atoms with Crippen molar-refractivity contribution in [1.29, 1.82) is 0 Å². The van der Waals surface area contributed by atoms with Crippen molar-refractivity contribution in [3.63, 3.8) is 0 Å². The zero-order valence-electron chi connectivity index (χ0n) is 15.3. The van der Waals surface area contributed by atoms with E-state index < -0.39 is 0 Å². The molecule has 6 nitrogen and oxygen atoms in total. The first-order valence-electron chi connectivity index (χ1n) is 9.55. The fourth-order valence-electron chi connectivity index (χ4n) is 3.89. The van der Waals surface area contributed by atoms with Crippen LogP contribution < -0.4 is 16.0 Å². The fourth-order valence-corrected chi connectivity index (χ4v) is 3.89. The number of urea groups is 1. The number of carbonyl (C=O) groups is 2. The van der Waals surface area contributed by atoms with E-state index in [-0.39, 0.29) is 18.0 Å². The summed E-state index contributed by atoms with van der Waals surface area (Å²) in [7, 11) is 1.98. The normalized spacial score (nSPS) is 26.1. The number of carbonyl (C=O) groups excluding carboxylic acids is 2. The molecule has 24 heavy (non-hydrogen) atoms. The first-order chi connectivity index (χ1) is 11.6. The van der Waals surface area contributed by atoms with E-state index in [0.717, 1.165) is 57.7 Å². The summed E-state index contributed by atoms with van der Waals surface area (Å²) in [5.74, 6) is 1.06. The average molecular weight is 338 g/mol. The zero-order valence-corrected chi connectivity index (χ0v) is 15.3. The summed E-state index contributed by atoms with van der Waals surface area (Å²) in [6, 6.07) is -0.128. The highest BCUT2D eigenvalue weighted by Crippen LogP contribution is 2.23. The van der Waals surface area contributed by atoms with Crippen LogP contribution in [0.2, 0.25) is 0 Å². The number of nitrogens with zero attached hydrogens (tertiary/aromatic N) is 1. The molecule has 2 rings (SSSR count). The van der Waals surface area contributed by atoms with Gasteiger partial charge in [0.2, 0.25) is 5.91 Å². The lowest BCUT2D eigenvalue weighted by molar-refractivity contribution is -0.121. The predicted octanol–water partition coefficient (Wildman–Crippen LogP) is 1.71. The van der Waals surface area contributed by atoms with Gasteiger partial charge in [0.15, 0.2) is 0 Å². The third kappa shape index (κ3) is 6.40. The van der Waals surface area contributed by atoms with E-state index in [1.807, 2.05) is 7.05 Å². The molecule has 2 unspecified atom stereocenters. The molecule has 2 atom stereocenters. The summed E-state index contributed by atoms with van der Waals surface area (Å²) in [5, 5.41) is 8.66. The van der Waals surface area contributed by atoms with Gasteiger partial charge in [-0.05, 0) is 70.6 Å². The fraction of sp³-hybridized carbons (Fsp3) is 0.889. The minimum absolute atomic E-state index is 0.190. The van der Waals surface area contributed by atoms with Gasteiger partial charge in [-0.1, -0.05) is 19.8 Å². The molecule has 3 N–H and O–H groups in total. The number of likely N-dealkylation sites (tertiary alicyclic amines) is 1. The maximum absolute atomic E-state index is 12.1. The molecule has 1 saturated carbocycles. The number of piperidine rings is 1. The minimum Gasteiger partial charge on any atom is -0.335 e. The highest BCUT2D eigenvalue weighted by Gasteiger charge is 2.24. The van der Waals surface area contributed by atoms with E-state index in [1.165, 1.54) is 12.8 Å². The van der Waals surface area contributed by atoms with E-state index in [2.05, 4.69) is 27.8 Å². The Hall–Kier alpha value is -1.14. The summed E-state index contributed by atoms with van der Waals surface area (Å²) in [5.41, 5.74) is 0. The molecule has 3 amide bonds. The van der Waals surface area contributed by atoms with E-state index in [4.69, 9.17) is 0 Å². The van der Waals surface area contributed by atoms with Crippen LogP contribution in [-0.4, -0.2) is 56.1 Å². The number of rotatable bonds is 6. The Morgan fingerprint density at radius 2 is 1.79 bits per heavy atom. The van der Waals surface area contributed by atoms with Crippen LogP contribution in [0.5, 0.6) is 0 Å². The van der Waals surface area contributed by atoms with Crippen molar-refractivity contribution in [1.82, 2.24) is 20.9 Å². The van der Waals surface area contributed by atoms with Gasteiger partial charge in [-0.2, -0.15) is 0 Å². The van der Waals surface area contributed by atoms with Gasteiger partial charge in [-0.15, -0.1) is 0 Å². The van der Waals surface area contributed by atoms with Gasteiger partial charge in [-0.25, -0.2) is 4.79 Å². The van der Waals surface area contributed by atoms with Crippen molar-refractivity contribution in [3.8, 4) is 0 Å². The Kier molecular flexibility index (Phi) is 7.99. The number of imide groups is 1. The third-order valence-electron chi connectivity index (χ3n) is 5.56. The highest BCUT2D eigenvalue weighted by molar-refractivity contribution is 5.95. The summed E-state index contributed by atoms with van der Waals surface area (Å²) in [6.45, 7) is 5.45. The number of hydrogen-bond donors (Lipinski definition) is 3. The average Bonchev–Trinajstić information content (AvgIpc) is 2.56. The lowest BCUT2D eigenvalue weighted by atomic mass is 9.86. The third-order valence-corrected chi connectivity index (χ3v) is 5.56. The first kappa shape index (κ1) is 19.2. The second kappa shape index (κ2) is 9.99. The Labute approximate surface area is 146 Å². The van der Waals surface area contributed by atoms with Crippen LogP contribution >= 0.6 is 0 Å². The number of hydrogen-bond acceptors (Lipinski definition) is 4. The molecule has 1 heterocycles. The standard InChI is InChI=1S/C18H34N4O2/c1-14-5-3-4-6-16(14)20-18(24)21-17(23)13-22-11-8-15(9-12-22)7-10-19-2/h14-16,19H,3-13H2,1-2H3,(H2,20,21,23,24). The highest BCUT2D eigenvalue weighted by atomic mass is 16.2. The molecular formula is C18H34N4O2. The summed E-state index contributed by atoms with van der Waals surface area (Å²) < 4.78 is 0. The number of amides is 3. The van der Waals surface area contributed by atoms with Crippen molar-refractivity contribution in [3.05, 3.63) is 0 Å². The summed E-state index contributed by atoms with van der Waals surface area (Å²) in [4.78, 5) is 26.2. The van der Waals surface area contributed by atoms with Crippen molar-refractivity contribution in [2.24, 2.45) is 11.8 Å². The van der Waals surface area contributed by atoms with Crippen molar-refractivity contribution >= 4 is 11.9 Å². The maximum Gasteiger partial charge on any atom is 0.321 e. The molecule has 0 spiro atoms. The molecule has 6 heteroatoms. The molecule has 1 aliphatic heterocycles. The van der Waals surface area contributed by atoms with Gasteiger partial charge >= 0.3 is 6.03 Å². The van der Waals surface area contributed by atoms with Gasteiger partial charge in [0, 0.05) is 6.04 Å². The summed E-state index contributed by atoms with van der Waals surface area (Å²) >= 11 is 0. The molecule has 1 aliphatic carbocycles. The molecule has 138 valence electrons. The van der Waals surface area contributed by atoms with Crippen molar-refractivity contribution in [2.45, 2.75) is 57.9 Å². The number of nitrogens with one attached hydrogen (secondary N) is 3. The van der Waals surface area contributed by atoms with Crippen LogP contribution in [0.4, 0.5) is 4.79 Å². The largest absolute Gasteiger partial charge is 0.335 e. The van der Waals surface area contributed by atoms with Crippen LogP contribution in [0.25, 0.3) is 0 Å². The van der Waals surface area contributed by atoms with Crippen LogP contribution in [0.1, 0.15) is 51.9 Å². The molecular weight excluding hydrogens is 304 g/mol. The van der Waals surface area contributed by atoms with E-state index >= 15 is 0 Å². The van der Waals surface area contributed by atoms with Crippen LogP contribution in [0.3, 0.4) is 0 Å². The summed E-state index contributed by atoms with van der Waals surface area (Å²) in [6.07, 6.45) is 8.06. The smallest absolute Gasteiger partial charge is 0.321 e. The van der Waals surface area contributed by atoms with Crippen molar-refractivity contribution in [2.75, 3.05) is 33.2 Å². The minimum atomic E-state index is -0.331. The molecule has 0 aromatic heterocycles. The van der Waals surface area contributed by atoms with E-state index in [1.54, 1.807) is 0 Å². The molecule has 2 fully saturated rings. The van der Waals surface area contributed by atoms with Gasteiger partial charge < -0.3 is 10.6 Å². The lowest BCUT2D eigenvalue weighted by Crippen LogP contribution is -2.50. The first-order valence-corrected chi connectivity index (χ1v) is 9.55. The molecule has 0 radical (unpaired) electrons. The predicted molar refractivity (Wildman–Crippen MR) is 95.8 cm³/mol. The molecule has 0 bridgehead atoms. The second-order valence-electron chi connectivity index (χ2n) is 7.50. The molecule has 2 aliphatic rings. The van der Waals surface area contributed by atoms with E-state index in [0.29, 0.717) is 12.5 Å². The quantitative estimate of drug-likeness (QED) is 0.689. The lowest BCUT2D eigenvalue weighted by Gasteiger charge is -2.31. The monoisotopic (exact) mass is 338 g/mol. The molecule has 1 saturated heterocycles. The van der Waals surface area contributed by atoms with Gasteiger partial charge in [0.25, 0.3) is 0 Å². The van der Waals surface area contributed by atoms with Gasteiger partial charge in [-0.3, -0.25) is 15.0 Å². The Bertz CT molecular complexity index is 408. The maximum atomic E-state index is 12.1. The van der Waals surface area contributed by atoms with Crippen LogP contribution in [0, 0.1) is 11.8 Å². The van der Waals surface area contributed by atoms with Crippen LogP contribution in [-0.2, 0) is 4.79 Å². The van der Waals surface area contributed by atoms with Gasteiger partial charge in [0.1, 0.15) is 0 Å². The molecule has 0 aromatic rings.